The number of oxime groups is 1. The molecule has 104 valence electrons. The van der Waals surface area contributed by atoms with Crippen LogP contribution < -0.4 is 4.74 Å². The van der Waals surface area contributed by atoms with E-state index in [0.29, 0.717) is 23.6 Å². The Hall–Kier alpha value is -1.88. The van der Waals surface area contributed by atoms with Crippen molar-refractivity contribution >= 4 is 21.6 Å². The number of rotatable bonds is 4. The monoisotopic (exact) mass is 337 g/mol. The van der Waals surface area contributed by atoms with Crippen LogP contribution in [0.25, 0.3) is 0 Å². The number of halogens is 2. The SMILES string of the molecule is CC(=NO)c1ccc(F)cc1OCc1cccc(Br)c1. The number of nitrogens with zero attached hydrogens (tertiary/aromatic N) is 1. The van der Waals surface area contributed by atoms with Gasteiger partial charge in [0, 0.05) is 16.1 Å². The van der Waals surface area contributed by atoms with Crippen LogP contribution in [0.5, 0.6) is 5.75 Å². The van der Waals surface area contributed by atoms with Gasteiger partial charge in [-0.05, 0) is 36.8 Å². The molecule has 0 heterocycles. The van der Waals surface area contributed by atoms with Gasteiger partial charge >= 0.3 is 0 Å². The minimum atomic E-state index is -0.399. The lowest BCUT2D eigenvalue weighted by molar-refractivity contribution is 0.302. The Morgan fingerprint density at radius 3 is 2.80 bits per heavy atom. The van der Waals surface area contributed by atoms with Crippen LogP contribution in [0.4, 0.5) is 4.39 Å². The molecule has 0 saturated heterocycles. The highest BCUT2D eigenvalue weighted by Crippen LogP contribution is 2.22. The van der Waals surface area contributed by atoms with Gasteiger partial charge in [0.1, 0.15) is 18.2 Å². The first-order chi connectivity index (χ1) is 9.60. The summed E-state index contributed by atoms with van der Waals surface area (Å²) in [5.74, 6) is -0.0518. The fraction of sp³-hybridized carbons (Fsp3) is 0.133. The Kier molecular flexibility index (Phi) is 4.74. The Labute approximate surface area is 124 Å². The van der Waals surface area contributed by atoms with Crippen LogP contribution in [0.15, 0.2) is 52.1 Å². The van der Waals surface area contributed by atoms with Gasteiger partial charge in [-0.15, -0.1) is 0 Å². The lowest BCUT2D eigenvalue weighted by Gasteiger charge is -2.11. The van der Waals surface area contributed by atoms with Crippen LogP contribution in [-0.2, 0) is 6.61 Å². The summed E-state index contributed by atoms with van der Waals surface area (Å²) in [6, 6.07) is 11.8. The van der Waals surface area contributed by atoms with Crippen molar-refractivity contribution in [1.82, 2.24) is 0 Å². The molecule has 0 aliphatic rings. The van der Waals surface area contributed by atoms with E-state index in [4.69, 9.17) is 9.94 Å². The molecular weight excluding hydrogens is 325 g/mol. The summed E-state index contributed by atoms with van der Waals surface area (Å²) in [6.07, 6.45) is 0. The van der Waals surface area contributed by atoms with Gasteiger partial charge in [0.15, 0.2) is 0 Å². The smallest absolute Gasteiger partial charge is 0.131 e. The zero-order valence-corrected chi connectivity index (χ0v) is 12.4. The van der Waals surface area contributed by atoms with Gasteiger partial charge in [0.05, 0.1) is 5.71 Å². The summed E-state index contributed by atoms with van der Waals surface area (Å²) in [5, 5.41) is 12.0. The van der Waals surface area contributed by atoms with Crippen molar-refractivity contribution < 1.29 is 14.3 Å². The third-order valence-electron chi connectivity index (χ3n) is 2.77. The van der Waals surface area contributed by atoms with Crippen LogP contribution in [0.2, 0.25) is 0 Å². The average molecular weight is 338 g/mol. The molecule has 0 aliphatic heterocycles. The van der Waals surface area contributed by atoms with Crippen LogP contribution >= 0.6 is 15.9 Å². The summed E-state index contributed by atoms with van der Waals surface area (Å²) in [7, 11) is 0. The predicted molar refractivity (Wildman–Crippen MR) is 78.9 cm³/mol. The van der Waals surface area contributed by atoms with Crippen molar-refractivity contribution in [3.05, 3.63) is 63.9 Å². The molecule has 0 bridgehead atoms. The molecule has 0 aromatic heterocycles. The van der Waals surface area contributed by atoms with Gasteiger partial charge in [-0.1, -0.05) is 33.2 Å². The molecular formula is C15H13BrFNO2. The van der Waals surface area contributed by atoms with E-state index in [9.17, 15) is 4.39 Å². The summed E-state index contributed by atoms with van der Waals surface area (Å²) < 4.78 is 19.9. The Balaban J connectivity index is 2.22. The maximum absolute atomic E-state index is 13.3. The quantitative estimate of drug-likeness (QED) is 0.511. The van der Waals surface area contributed by atoms with Crippen molar-refractivity contribution in [2.45, 2.75) is 13.5 Å². The summed E-state index contributed by atoms with van der Waals surface area (Å²) in [6.45, 7) is 1.92. The second-order valence-corrected chi connectivity index (χ2v) is 5.16. The minimum absolute atomic E-state index is 0.300. The minimum Gasteiger partial charge on any atom is -0.488 e. The maximum atomic E-state index is 13.3. The van der Waals surface area contributed by atoms with E-state index >= 15 is 0 Å². The summed E-state index contributed by atoms with van der Waals surface area (Å²) >= 11 is 3.38. The van der Waals surface area contributed by atoms with Gasteiger partial charge in [0.25, 0.3) is 0 Å². The highest BCUT2D eigenvalue weighted by molar-refractivity contribution is 9.10. The summed E-state index contributed by atoms with van der Waals surface area (Å²) in [4.78, 5) is 0. The highest BCUT2D eigenvalue weighted by atomic mass is 79.9. The van der Waals surface area contributed by atoms with Crippen molar-refractivity contribution in [2.24, 2.45) is 5.16 Å². The molecule has 0 atom stereocenters. The molecule has 2 rings (SSSR count). The van der Waals surface area contributed by atoms with Crippen molar-refractivity contribution in [3.8, 4) is 5.75 Å². The average Bonchev–Trinajstić information content (AvgIpc) is 2.44. The van der Waals surface area contributed by atoms with Crippen LogP contribution in [0.1, 0.15) is 18.1 Å². The van der Waals surface area contributed by atoms with E-state index in [0.717, 1.165) is 10.0 Å². The van der Waals surface area contributed by atoms with Crippen LogP contribution in [0.3, 0.4) is 0 Å². The van der Waals surface area contributed by atoms with E-state index in [1.54, 1.807) is 6.92 Å². The van der Waals surface area contributed by atoms with Gasteiger partial charge < -0.3 is 9.94 Å². The van der Waals surface area contributed by atoms with E-state index in [-0.39, 0.29) is 0 Å². The molecule has 0 spiro atoms. The normalized spacial score (nSPS) is 11.4. The third-order valence-corrected chi connectivity index (χ3v) is 3.26. The molecule has 0 unspecified atom stereocenters. The van der Waals surface area contributed by atoms with Gasteiger partial charge in [-0.2, -0.15) is 0 Å². The van der Waals surface area contributed by atoms with Crippen LogP contribution in [-0.4, -0.2) is 10.9 Å². The molecule has 2 aromatic rings. The van der Waals surface area contributed by atoms with Crippen molar-refractivity contribution in [1.29, 1.82) is 0 Å². The molecule has 0 saturated carbocycles. The van der Waals surface area contributed by atoms with Crippen molar-refractivity contribution in [3.63, 3.8) is 0 Å². The number of hydrogen-bond donors (Lipinski definition) is 1. The number of hydrogen-bond acceptors (Lipinski definition) is 3. The molecule has 1 N–H and O–H groups in total. The van der Waals surface area contributed by atoms with Crippen LogP contribution in [0, 0.1) is 5.82 Å². The Bertz CT molecular complexity index is 644. The van der Waals surface area contributed by atoms with Gasteiger partial charge in [0.2, 0.25) is 0 Å². The highest BCUT2D eigenvalue weighted by Gasteiger charge is 2.09. The van der Waals surface area contributed by atoms with Gasteiger partial charge in [-0.25, -0.2) is 4.39 Å². The molecule has 0 radical (unpaired) electrons. The fourth-order valence-corrected chi connectivity index (χ4v) is 2.20. The molecule has 5 heteroatoms. The number of ether oxygens (including phenoxy) is 1. The first-order valence-electron chi connectivity index (χ1n) is 5.96. The van der Waals surface area contributed by atoms with E-state index < -0.39 is 5.82 Å². The molecule has 3 nitrogen and oxygen atoms in total. The lowest BCUT2D eigenvalue weighted by atomic mass is 10.1. The Morgan fingerprint density at radius 1 is 1.30 bits per heavy atom. The zero-order valence-electron chi connectivity index (χ0n) is 10.8. The topological polar surface area (TPSA) is 41.8 Å². The molecule has 0 aliphatic carbocycles. The standard InChI is InChI=1S/C15H13BrFNO2/c1-10(18-19)14-6-5-13(17)8-15(14)20-9-11-3-2-4-12(16)7-11/h2-8,19H,9H2,1H3. The first-order valence-corrected chi connectivity index (χ1v) is 6.75. The Morgan fingerprint density at radius 2 is 2.10 bits per heavy atom. The van der Waals surface area contributed by atoms with Gasteiger partial charge in [-0.3, -0.25) is 0 Å². The molecule has 0 fully saturated rings. The summed E-state index contributed by atoms with van der Waals surface area (Å²) in [5.41, 5.74) is 1.88. The predicted octanol–water partition coefficient (Wildman–Crippen LogP) is 4.37. The van der Waals surface area contributed by atoms with E-state index in [1.165, 1.54) is 18.2 Å². The zero-order chi connectivity index (χ0) is 14.5. The second kappa shape index (κ2) is 6.52. The second-order valence-electron chi connectivity index (χ2n) is 4.24. The van der Waals surface area contributed by atoms with E-state index in [1.807, 2.05) is 24.3 Å². The molecule has 0 amide bonds. The maximum Gasteiger partial charge on any atom is 0.131 e. The molecule has 2 aromatic carbocycles. The third kappa shape index (κ3) is 3.57. The molecule has 20 heavy (non-hydrogen) atoms. The van der Waals surface area contributed by atoms with Crippen molar-refractivity contribution in [2.75, 3.05) is 0 Å². The largest absolute Gasteiger partial charge is 0.488 e. The first kappa shape index (κ1) is 14.5. The lowest BCUT2D eigenvalue weighted by Crippen LogP contribution is -2.03. The number of benzene rings is 2. The van der Waals surface area contributed by atoms with E-state index in [2.05, 4.69) is 21.1 Å². The fourth-order valence-electron chi connectivity index (χ4n) is 1.76.